The molecule has 0 rings (SSSR count). The van der Waals surface area contributed by atoms with E-state index in [0.29, 0.717) is 6.54 Å². The maximum Gasteiger partial charge on any atom is 0.390 e. The van der Waals surface area contributed by atoms with Gasteiger partial charge in [0.15, 0.2) is 0 Å². The molecular weight excluding hydrogens is 205 g/mol. The molecule has 0 atom stereocenters. The Bertz CT molecular complexity index is 143. The van der Waals surface area contributed by atoms with Gasteiger partial charge in [-0.05, 0) is 40.3 Å². The quantitative estimate of drug-likeness (QED) is 0.679. The molecule has 92 valence electrons. The van der Waals surface area contributed by atoms with Crippen LogP contribution in [0.5, 0.6) is 0 Å². The molecule has 15 heavy (non-hydrogen) atoms. The zero-order chi connectivity index (χ0) is 11.9. The molecule has 0 aromatic heterocycles. The second kappa shape index (κ2) is 6.33. The summed E-state index contributed by atoms with van der Waals surface area (Å²) in [7, 11) is 0. The van der Waals surface area contributed by atoms with Gasteiger partial charge in [-0.1, -0.05) is 0 Å². The number of hydrogen-bond acceptors (Lipinski definition) is 2. The van der Waals surface area contributed by atoms with Crippen LogP contribution in [-0.2, 0) is 0 Å². The van der Waals surface area contributed by atoms with Crippen molar-refractivity contribution in [2.75, 3.05) is 19.6 Å². The summed E-state index contributed by atoms with van der Waals surface area (Å²) in [5, 5.41) is 6.03. The first kappa shape index (κ1) is 14.7. The number of alkyl halides is 3. The van der Waals surface area contributed by atoms with Crippen molar-refractivity contribution < 1.29 is 13.2 Å². The van der Waals surface area contributed by atoms with Crippen LogP contribution in [0, 0.1) is 0 Å². The summed E-state index contributed by atoms with van der Waals surface area (Å²) in [5.74, 6) is 0. The van der Waals surface area contributed by atoms with Crippen molar-refractivity contribution >= 4 is 0 Å². The van der Waals surface area contributed by atoms with E-state index in [0.717, 1.165) is 13.0 Å². The largest absolute Gasteiger partial charge is 0.390 e. The van der Waals surface area contributed by atoms with Gasteiger partial charge >= 0.3 is 6.18 Å². The Balaban J connectivity index is 3.20. The summed E-state index contributed by atoms with van der Waals surface area (Å²) in [6, 6.07) is 0. The average molecular weight is 226 g/mol. The van der Waals surface area contributed by atoms with E-state index in [1.807, 2.05) is 0 Å². The van der Waals surface area contributed by atoms with Crippen molar-refractivity contribution in [1.82, 2.24) is 10.6 Å². The first-order chi connectivity index (χ1) is 6.71. The minimum atomic E-state index is -4.04. The smallest absolute Gasteiger partial charge is 0.316 e. The highest BCUT2D eigenvalue weighted by Crippen LogP contribution is 2.17. The van der Waals surface area contributed by atoms with Crippen LogP contribution in [0.25, 0.3) is 0 Å². The summed E-state index contributed by atoms with van der Waals surface area (Å²) >= 11 is 0. The molecule has 0 fully saturated rings. The van der Waals surface area contributed by atoms with Crippen molar-refractivity contribution in [3.05, 3.63) is 0 Å². The molecule has 0 radical (unpaired) electrons. The summed E-state index contributed by atoms with van der Waals surface area (Å²) in [6.45, 7) is 7.64. The molecule has 0 heterocycles. The van der Waals surface area contributed by atoms with Gasteiger partial charge in [0.2, 0.25) is 0 Å². The van der Waals surface area contributed by atoms with Gasteiger partial charge in [-0.2, -0.15) is 13.2 Å². The molecule has 5 heteroatoms. The van der Waals surface area contributed by atoms with Gasteiger partial charge in [0.25, 0.3) is 0 Å². The van der Waals surface area contributed by atoms with Crippen LogP contribution in [0.1, 0.15) is 33.6 Å². The Morgan fingerprint density at radius 1 is 0.933 bits per heavy atom. The lowest BCUT2D eigenvalue weighted by Gasteiger charge is -2.20. The monoisotopic (exact) mass is 226 g/mol. The third-order valence-electron chi connectivity index (χ3n) is 1.77. The molecule has 0 saturated carbocycles. The summed E-state index contributed by atoms with van der Waals surface area (Å²) in [5.41, 5.74) is 0.0754. The van der Waals surface area contributed by atoms with Gasteiger partial charge in [0.1, 0.15) is 0 Å². The second-order valence-corrected chi connectivity index (χ2v) is 4.65. The number of rotatable bonds is 6. The highest BCUT2D eigenvalue weighted by Gasteiger charge is 2.25. The first-order valence-electron chi connectivity index (χ1n) is 5.23. The Morgan fingerprint density at radius 3 is 2.00 bits per heavy atom. The van der Waals surface area contributed by atoms with Crippen LogP contribution in [-0.4, -0.2) is 31.3 Å². The lowest BCUT2D eigenvalue weighted by atomic mass is 10.1. The minimum absolute atomic E-state index is 0.0129. The van der Waals surface area contributed by atoms with Gasteiger partial charge in [0, 0.05) is 12.1 Å². The van der Waals surface area contributed by atoms with Gasteiger partial charge < -0.3 is 10.6 Å². The molecule has 0 spiro atoms. The van der Waals surface area contributed by atoms with Crippen molar-refractivity contribution in [3.63, 3.8) is 0 Å². The molecule has 2 N–H and O–H groups in total. The topological polar surface area (TPSA) is 24.1 Å². The standard InChI is InChI=1S/C10H21F3N2/c1-9(2,3)15-7-4-6-14-8-5-10(11,12)13/h14-15H,4-8H2,1-3H3. The third kappa shape index (κ3) is 13.7. The van der Waals surface area contributed by atoms with Crippen molar-refractivity contribution in [2.24, 2.45) is 0 Å². The Labute approximate surface area is 89.6 Å². The Morgan fingerprint density at radius 2 is 1.53 bits per heavy atom. The first-order valence-corrected chi connectivity index (χ1v) is 5.23. The van der Waals surface area contributed by atoms with E-state index in [9.17, 15) is 13.2 Å². The van der Waals surface area contributed by atoms with E-state index in [1.54, 1.807) is 0 Å². The van der Waals surface area contributed by atoms with Crippen LogP contribution >= 0.6 is 0 Å². The third-order valence-corrected chi connectivity index (χ3v) is 1.77. The van der Waals surface area contributed by atoms with E-state index in [2.05, 4.69) is 31.4 Å². The van der Waals surface area contributed by atoms with Crippen LogP contribution in [0.15, 0.2) is 0 Å². The lowest BCUT2D eigenvalue weighted by Crippen LogP contribution is -2.37. The molecule has 0 aliphatic carbocycles. The normalized spacial score (nSPS) is 13.2. The van der Waals surface area contributed by atoms with E-state index in [1.165, 1.54) is 0 Å². The molecule has 2 nitrogen and oxygen atoms in total. The maximum atomic E-state index is 11.7. The van der Waals surface area contributed by atoms with E-state index in [-0.39, 0.29) is 12.1 Å². The molecule has 0 bridgehead atoms. The molecule has 0 saturated heterocycles. The number of nitrogens with one attached hydrogen (secondary N) is 2. The van der Waals surface area contributed by atoms with E-state index < -0.39 is 12.6 Å². The number of hydrogen-bond donors (Lipinski definition) is 2. The molecule has 0 unspecified atom stereocenters. The summed E-state index contributed by atoms with van der Waals surface area (Å²) in [4.78, 5) is 0. The molecule has 0 aliphatic heterocycles. The van der Waals surface area contributed by atoms with Gasteiger partial charge in [0.05, 0.1) is 6.42 Å². The highest BCUT2D eigenvalue weighted by atomic mass is 19.4. The lowest BCUT2D eigenvalue weighted by molar-refractivity contribution is -0.133. The van der Waals surface area contributed by atoms with Crippen LogP contribution in [0.4, 0.5) is 13.2 Å². The molecule has 0 aromatic carbocycles. The predicted molar refractivity (Wildman–Crippen MR) is 55.9 cm³/mol. The second-order valence-electron chi connectivity index (χ2n) is 4.65. The van der Waals surface area contributed by atoms with Gasteiger partial charge in [-0.3, -0.25) is 0 Å². The highest BCUT2D eigenvalue weighted by molar-refractivity contribution is 4.69. The van der Waals surface area contributed by atoms with E-state index >= 15 is 0 Å². The van der Waals surface area contributed by atoms with Gasteiger partial charge in [-0.15, -0.1) is 0 Å². The Hall–Kier alpha value is -0.290. The fourth-order valence-electron chi connectivity index (χ4n) is 1.03. The average Bonchev–Trinajstić information content (AvgIpc) is 1.98. The molecule has 0 aromatic rings. The maximum absolute atomic E-state index is 11.7. The fraction of sp³-hybridized carbons (Fsp3) is 1.00. The van der Waals surface area contributed by atoms with Gasteiger partial charge in [-0.25, -0.2) is 0 Å². The van der Waals surface area contributed by atoms with Crippen molar-refractivity contribution in [1.29, 1.82) is 0 Å². The van der Waals surface area contributed by atoms with E-state index in [4.69, 9.17) is 0 Å². The zero-order valence-electron chi connectivity index (χ0n) is 9.67. The zero-order valence-corrected chi connectivity index (χ0v) is 9.67. The van der Waals surface area contributed by atoms with Crippen LogP contribution < -0.4 is 10.6 Å². The number of halogens is 3. The Kier molecular flexibility index (Phi) is 6.20. The van der Waals surface area contributed by atoms with Crippen LogP contribution in [0.3, 0.4) is 0 Å². The molecule has 0 aliphatic rings. The predicted octanol–water partition coefficient (Wildman–Crippen LogP) is 2.31. The summed E-state index contributed by atoms with van der Waals surface area (Å²) < 4.78 is 35.2. The van der Waals surface area contributed by atoms with Crippen molar-refractivity contribution in [3.8, 4) is 0 Å². The fourth-order valence-corrected chi connectivity index (χ4v) is 1.03. The molecule has 0 amide bonds. The molecular formula is C10H21F3N2. The summed E-state index contributed by atoms with van der Waals surface area (Å²) in [6.07, 6.45) is -3.95. The van der Waals surface area contributed by atoms with Crippen LogP contribution in [0.2, 0.25) is 0 Å². The minimum Gasteiger partial charge on any atom is -0.316 e. The SMILES string of the molecule is CC(C)(C)NCCCNCCC(F)(F)F. The van der Waals surface area contributed by atoms with Crippen molar-refractivity contribution in [2.45, 2.75) is 45.3 Å².